The van der Waals surface area contributed by atoms with Gasteiger partial charge in [0.2, 0.25) is 5.89 Å². The van der Waals surface area contributed by atoms with E-state index in [0.717, 1.165) is 19.4 Å². The molecule has 1 aliphatic rings. The van der Waals surface area contributed by atoms with Crippen molar-refractivity contribution in [2.24, 2.45) is 5.92 Å². The van der Waals surface area contributed by atoms with E-state index in [0.29, 0.717) is 12.3 Å². The number of nitrogens with one attached hydrogen (secondary N) is 2. The molecule has 0 bridgehead atoms. The average molecular weight is 296 g/mol. The van der Waals surface area contributed by atoms with Crippen molar-refractivity contribution in [1.82, 2.24) is 20.8 Å². The highest BCUT2D eigenvalue weighted by Gasteiger charge is 2.29. The van der Waals surface area contributed by atoms with Gasteiger partial charge in [0.15, 0.2) is 0 Å². The molecule has 0 aromatic carbocycles. The average Bonchev–Trinajstić information content (AvgIpc) is 3.12. The molecule has 1 saturated heterocycles. The van der Waals surface area contributed by atoms with Gasteiger partial charge in [-0.3, -0.25) is 4.79 Å². The Kier molecular flexibility index (Phi) is 4.89. The second kappa shape index (κ2) is 6.66. The van der Waals surface area contributed by atoms with E-state index < -0.39 is 17.9 Å². The van der Waals surface area contributed by atoms with E-state index in [2.05, 4.69) is 20.8 Å². The molecule has 3 unspecified atom stereocenters. The first-order chi connectivity index (χ1) is 10.0. The summed E-state index contributed by atoms with van der Waals surface area (Å²) in [5.41, 5.74) is 0. The minimum Gasteiger partial charge on any atom is -0.480 e. The van der Waals surface area contributed by atoms with Gasteiger partial charge in [0.1, 0.15) is 6.04 Å². The maximum atomic E-state index is 12.0. The topological polar surface area (TPSA) is 117 Å². The quantitative estimate of drug-likeness (QED) is 0.708. The summed E-state index contributed by atoms with van der Waals surface area (Å²) in [6.45, 7) is 4.51. The van der Waals surface area contributed by atoms with Gasteiger partial charge in [0.05, 0.1) is 6.04 Å². The first-order valence-electron chi connectivity index (χ1n) is 7.13. The van der Waals surface area contributed by atoms with Crippen LogP contribution in [0.4, 0.5) is 0 Å². The van der Waals surface area contributed by atoms with Crippen LogP contribution in [-0.2, 0) is 4.79 Å². The molecular formula is C13H20N4O4. The zero-order valence-corrected chi connectivity index (χ0v) is 12.1. The van der Waals surface area contributed by atoms with Crippen LogP contribution < -0.4 is 10.6 Å². The van der Waals surface area contributed by atoms with Gasteiger partial charge in [-0.05, 0) is 25.3 Å². The normalized spacial score (nSPS) is 21.0. The molecule has 0 saturated carbocycles. The van der Waals surface area contributed by atoms with Crippen molar-refractivity contribution in [1.29, 1.82) is 0 Å². The fourth-order valence-corrected chi connectivity index (χ4v) is 2.25. The summed E-state index contributed by atoms with van der Waals surface area (Å²) in [6, 6.07) is -0.988. The third kappa shape index (κ3) is 3.57. The number of carbonyl (C=O) groups excluding carboxylic acids is 1. The summed E-state index contributed by atoms with van der Waals surface area (Å²) in [7, 11) is 0. The molecule has 8 nitrogen and oxygen atoms in total. The lowest BCUT2D eigenvalue weighted by atomic mass is 9.99. The molecule has 21 heavy (non-hydrogen) atoms. The van der Waals surface area contributed by atoms with Crippen LogP contribution in [0, 0.1) is 5.92 Å². The molecule has 8 heteroatoms. The fourth-order valence-electron chi connectivity index (χ4n) is 2.25. The molecule has 2 rings (SSSR count). The van der Waals surface area contributed by atoms with Crippen molar-refractivity contribution >= 4 is 11.9 Å². The SMILES string of the molecule is CCC(C)C(NC(=O)c1noc(C2CCCN2)n1)C(=O)O. The van der Waals surface area contributed by atoms with Crippen molar-refractivity contribution in [2.45, 2.75) is 45.2 Å². The van der Waals surface area contributed by atoms with E-state index >= 15 is 0 Å². The summed E-state index contributed by atoms with van der Waals surface area (Å²) in [5.74, 6) is -1.65. The number of carboxylic acid groups (broad SMARTS) is 1. The standard InChI is InChI=1S/C13H20N4O4/c1-3-7(2)9(13(19)20)15-11(18)10-16-12(21-17-10)8-5-4-6-14-8/h7-9,14H,3-6H2,1-2H3,(H,15,18)(H,19,20). The Labute approximate surface area is 122 Å². The van der Waals surface area contributed by atoms with Crippen LogP contribution in [0.15, 0.2) is 4.52 Å². The van der Waals surface area contributed by atoms with E-state index in [9.17, 15) is 9.59 Å². The molecule has 0 spiro atoms. The summed E-state index contributed by atoms with van der Waals surface area (Å²) in [4.78, 5) is 27.3. The van der Waals surface area contributed by atoms with Crippen molar-refractivity contribution in [3.8, 4) is 0 Å². The van der Waals surface area contributed by atoms with Crippen molar-refractivity contribution in [2.75, 3.05) is 6.54 Å². The van der Waals surface area contributed by atoms with Gasteiger partial charge in [0, 0.05) is 0 Å². The monoisotopic (exact) mass is 296 g/mol. The van der Waals surface area contributed by atoms with Crippen LogP contribution >= 0.6 is 0 Å². The molecule has 2 heterocycles. The second-order valence-corrected chi connectivity index (χ2v) is 5.28. The molecular weight excluding hydrogens is 276 g/mol. The predicted molar refractivity (Wildman–Crippen MR) is 72.6 cm³/mol. The molecule has 1 fully saturated rings. The number of hydrogen-bond acceptors (Lipinski definition) is 6. The smallest absolute Gasteiger partial charge is 0.326 e. The zero-order chi connectivity index (χ0) is 15.4. The molecule has 3 N–H and O–H groups in total. The van der Waals surface area contributed by atoms with Gasteiger partial charge >= 0.3 is 5.97 Å². The van der Waals surface area contributed by atoms with E-state index in [4.69, 9.17) is 9.63 Å². The Balaban J connectivity index is 2.03. The van der Waals surface area contributed by atoms with Crippen molar-refractivity contribution in [3.05, 3.63) is 11.7 Å². The van der Waals surface area contributed by atoms with Crippen LogP contribution in [0.25, 0.3) is 0 Å². The van der Waals surface area contributed by atoms with Crippen LogP contribution in [-0.4, -0.2) is 39.7 Å². The number of aromatic nitrogens is 2. The lowest BCUT2D eigenvalue weighted by Gasteiger charge is -2.18. The number of amides is 1. The van der Waals surface area contributed by atoms with E-state index in [1.165, 1.54) is 0 Å². The lowest BCUT2D eigenvalue weighted by Crippen LogP contribution is -2.45. The van der Waals surface area contributed by atoms with Gasteiger partial charge in [-0.15, -0.1) is 0 Å². The Hall–Kier alpha value is -1.96. The predicted octanol–water partition coefficient (Wildman–Crippen LogP) is 0.723. The van der Waals surface area contributed by atoms with Gasteiger partial charge in [-0.2, -0.15) is 4.98 Å². The molecule has 0 aliphatic carbocycles. The number of rotatable bonds is 6. The number of hydrogen-bond donors (Lipinski definition) is 3. The lowest BCUT2D eigenvalue weighted by molar-refractivity contribution is -0.140. The Morgan fingerprint density at radius 1 is 1.57 bits per heavy atom. The van der Waals surface area contributed by atoms with Crippen molar-refractivity contribution < 1.29 is 19.2 Å². The summed E-state index contributed by atoms with van der Waals surface area (Å²) >= 11 is 0. The highest BCUT2D eigenvalue weighted by Crippen LogP contribution is 2.21. The number of aliphatic carboxylic acids is 1. The van der Waals surface area contributed by atoms with Crippen LogP contribution in [0.3, 0.4) is 0 Å². The third-order valence-corrected chi connectivity index (χ3v) is 3.77. The van der Waals surface area contributed by atoms with Gasteiger partial charge in [-0.1, -0.05) is 25.4 Å². The van der Waals surface area contributed by atoms with Gasteiger partial charge in [-0.25, -0.2) is 4.79 Å². The van der Waals surface area contributed by atoms with E-state index in [1.54, 1.807) is 6.92 Å². The maximum absolute atomic E-state index is 12.0. The summed E-state index contributed by atoms with van der Waals surface area (Å²) < 4.78 is 5.07. The first-order valence-corrected chi connectivity index (χ1v) is 7.13. The summed E-state index contributed by atoms with van der Waals surface area (Å²) in [5, 5.41) is 18.4. The van der Waals surface area contributed by atoms with Crippen molar-refractivity contribution in [3.63, 3.8) is 0 Å². The number of carbonyl (C=O) groups is 2. The highest BCUT2D eigenvalue weighted by molar-refractivity contribution is 5.93. The molecule has 3 atom stereocenters. The van der Waals surface area contributed by atoms with E-state index in [1.807, 2.05) is 6.92 Å². The summed E-state index contributed by atoms with van der Waals surface area (Å²) in [6.07, 6.45) is 2.54. The van der Waals surface area contributed by atoms with Crippen LogP contribution in [0.1, 0.15) is 55.7 Å². The second-order valence-electron chi connectivity index (χ2n) is 5.28. The Morgan fingerprint density at radius 2 is 2.33 bits per heavy atom. The zero-order valence-electron chi connectivity index (χ0n) is 12.1. The Bertz CT molecular complexity index is 510. The number of nitrogens with zero attached hydrogens (tertiary/aromatic N) is 2. The molecule has 116 valence electrons. The highest BCUT2D eigenvalue weighted by atomic mass is 16.5. The minimum absolute atomic E-state index is 0.0242. The fraction of sp³-hybridized carbons (Fsp3) is 0.692. The minimum atomic E-state index is -1.07. The molecule has 1 aromatic rings. The third-order valence-electron chi connectivity index (χ3n) is 3.77. The molecule has 1 amide bonds. The molecule has 1 aliphatic heterocycles. The van der Waals surface area contributed by atoms with Gasteiger partial charge < -0.3 is 20.3 Å². The van der Waals surface area contributed by atoms with E-state index in [-0.39, 0.29) is 17.8 Å². The Morgan fingerprint density at radius 3 is 2.90 bits per heavy atom. The number of carboxylic acids is 1. The molecule has 1 aromatic heterocycles. The maximum Gasteiger partial charge on any atom is 0.326 e. The van der Waals surface area contributed by atoms with Gasteiger partial charge in [0.25, 0.3) is 11.7 Å². The van der Waals surface area contributed by atoms with Crippen LogP contribution in [0.2, 0.25) is 0 Å². The first kappa shape index (κ1) is 15.4. The van der Waals surface area contributed by atoms with Crippen LogP contribution in [0.5, 0.6) is 0 Å². The largest absolute Gasteiger partial charge is 0.480 e. The molecule has 0 radical (unpaired) electrons.